The Morgan fingerprint density at radius 1 is 1.16 bits per heavy atom. The van der Waals surface area contributed by atoms with Gasteiger partial charge in [0.05, 0.1) is 6.10 Å². The van der Waals surface area contributed by atoms with Gasteiger partial charge in [-0.3, -0.25) is 4.99 Å². The molecule has 0 aliphatic rings. The van der Waals surface area contributed by atoms with Crippen LogP contribution in [0.15, 0.2) is 29.3 Å². The molecule has 0 radical (unpaired) electrons. The highest BCUT2D eigenvalue weighted by molar-refractivity contribution is 14.0. The Hall–Kier alpha value is -0.860. The van der Waals surface area contributed by atoms with E-state index in [9.17, 15) is 0 Å². The third-order valence-corrected chi connectivity index (χ3v) is 3.97. The summed E-state index contributed by atoms with van der Waals surface area (Å²) in [7, 11) is 5.97. The van der Waals surface area contributed by atoms with Crippen molar-refractivity contribution in [2.75, 3.05) is 40.8 Å². The molecule has 0 fully saturated rings. The van der Waals surface area contributed by atoms with E-state index in [-0.39, 0.29) is 30.1 Å². The maximum absolute atomic E-state index is 5.81. The molecule has 0 saturated heterocycles. The number of aryl methyl sites for hydroxylation is 1. The van der Waals surface area contributed by atoms with E-state index in [0.717, 1.165) is 45.0 Å². The number of halogens is 1. The zero-order valence-corrected chi connectivity index (χ0v) is 18.7. The zero-order chi connectivity index (χ0) is 17.8. The molecule has 0 aliphatic heterocycles. The molecule has 2 N–H and O–H groups in total. The van der Waals surface area contributed by atoms with Crippen LogP contribution in [0.4, 0.5) is 0 Å². The normalized spacial score (nSPS) is 12.6. The second-order valence-electron chi connectivity index (χ2n) is 6.10. The molecule has 0 bridgehead atoms. The highest BCUT2D eigenvalue weighted by Crippen LogP contribution is 2.08. The van der Waals surface area contributed by atoms with Gasteiger partial charge in [0.15, 0.2) is 5.96 Å². The summed E-state index contributed by atoms with van der Waals surface area (Å²) in [6, 6.07) is 8.52. The van der Waals surface area contributed by atoms with Crippen LogP contribution in [0.1, 0.15) is 31.4 Å². The van der Waals surface area contributed by atoms with Crippen molar-refractivity contribution >= 4 is 29.9 Å². The van der Waals surface area contributed by atoms with Crippen molar-refractivity contribution in [3.63, 3.8) is 0 Å². The number of rotatable bonds is 10. The SMILES string of the molecule is CCOC(CCN(C)C)CNC(=NC)NCc1ccccc1CC.I. The fourth-order valence-electron chi connectivity index (χ4n) is 2.57. The maximum Gasteiger partial charge on any atom is 0.191 e. The van der Waals surface area contributed by atoms with Crippen molar-refractivity contribution in [3.05, 3.63) is 35.4 Å². The van der Waals surface area contributed by atoms with Crippen LogP contribution in [-0.2, 0) is 17.7 Å². The molecular weight excluding hydrogens is 427 g/mol. The predicted octanol–water partition coefficient (Wildman–Crippen LogP) is 2.89. The second kappa shape index (κ2) is 14.3. The smallest absolute Gasteiger partial charge is 0.191 e. The summed E-state index contributed by atoms with van der Waals surface area (Å²) in [5.41, 5.74) is 2.69. The highest BCUT2D eigenvalue weighted by Gasteiger charge is 2.10. The summed E-state index contributed by atoms with van der Waals surface area (Å²) in [4.78, 5) is 6.50. The quantitative estimate of drug-likeness (QED) is 0.319. The van der Waals surface area contributed by atoms with Crippen LogP contribution < -0.4 is 10.6 Å². The fraction of sp³-hybridized carbons (Fsp3) is 0.632. The minimum absolute atomic E-state index is 0. The van der Waals surface area contributed by atoms with Crippen molar-refractivity contribution in [3.8, 4) is 0 Å². The van der Waals surface area contributed by atoms with Gasteiger partial charge < -0.3 is 20.3 Å². The van der Waals surface area contributed by atoms with Crippen LogP contribution in [0.25, 0.3) is 0 Å². The summed E-state index contributed by atoms with van der Waals surface area (Å²) in [6.07, 6.45) is 2.24. The first-order valence-electron chi connectivity index (χ1n) is 8.88. The van der Waals surface area contributed by atoms with Crippen LogP contribution >= 0.6 is 24.0 Å². The van der Waals surface area contributed by atoms with E-state index in [0.29, 0.717) is 0 Å². The lowest BCUT2D eigenvalue weighted by atomic mass is 10.1. The Labute approximate surface area is 170 Å². The summed E-state index contributed by atoms with van der Waals surface area (Å²) < 4.78 is 5.81. The maximum atomic E-state index is 5.81. The van der Waals surface area contributed by atoms with Crippen LogP contribution in [0.5, 0.6) is 0 Å². The molecule has 1 rings (SSSR count). The Morgan fingerprint density at radius 3 is 2.40 bits per heavy atom. The van der Waals surface area contributed by atoms with Gasteiger partial charge in [-0.25, -0.2) is 0 Å². The molecule has 144 valence electrons. The molecule has 6 heteroatoms. The zero-order valence-electron chi connectivity index (χ0n) is 16.3. The molecule has 0 spiro atoms. The van der Waals surface area contributed by atoms with Crippen molar-refractivity contribution in [2.24, 2.45) is 4.99 Å². The summed E-state index contributed by atoms with van der Waals surface area (Å²) >= 11 is 0. The molecule has 1 aromatic rings. The van der Waals surface area contributed by atoms with Gasteiger partial charge in [-0.2, -0.15) is 0 Å². The molecule has 1 aromatic carbocycles. The topological polar surface area (TPSA) is 48.9 Å². The van der Waals surface area contributed by atoms with Gasteiger partial charge in [-0.05, 0) is 45.0 Å². The van der Waals surface area contributed by atoms with Gasteiger partial charge in [-0.15, -0.1) is 24.0 Å². The van der Waals surface area contributed by atoms with Gasteiger partial charge in [0.1, 0.15) is 0 Å². The van der Waals surface area contributed by atoms with Gasteiger partial charge in [0, 0.05) is 33.3 Å². The number of nitrogens with one attached hydrogen (secondary N) is 2. The van der Waals surface area contributed by atoms with E-state index in [1.165, 1.54) is 11.1 Å². The van der Waals surface area contributed by atoms with E-state index in [1.807, 2.05) is 6.92 Å². The largest absolute Gasteiger partial charge is 0.377 e. The second-order valence-corrected chi connectivity index (χ2v) is 6.10. The van der Waals surface area contributed by atoms with Crippen LogP contribution in [-0.4, -0.2) is 57.8 Å². The van der Waals surface area contributed by atoms with E-state index < -0.39 is 0 Å². The first-order valence-corrected chi connectivity index (χ1v) is 8.88. The average Bonchev–Trinajstić information content (AvgIpc) is 2.59. The van der Waals surface area contributed by atoms with Crippen LogP contribution in [0.2, 0.25) is 0 Å². The molecular formula is C19H35IN4O. The van der Waals surface area contributed by atoms with Gasteiger partial charge in [0.25, 0.3) is 0 Å². The number of guanidine groups is 1. The third-order valence-electron chi connectivity index (χ3n) is 3.97. The fourth-order valence-corrected chi connectivity index (χ4v) is 2.57. The van der Waals surface area contributed by atoms with E-state index >= 15 is 0 Å². The molecule has 1 atom stereocenters. The molecule has 0 heterocycles. The van der Waals surface area contributed by atoms with Crippen LogP contribution in [0.3, 0.4) is 0 Å². The average molecular weight is 462 g/mol. The number of nitrogens with zero attached hydrogens (tertiary/aromatic N) is 2. The molecule has 1 unspecified atom stereocenters. The Kier molecular flexibility index (Phi) is 13.8. The van der Waals surface area contributed by atoms with Crippen molar-refractivity contribution < 1.29 is 4.74 Å². The predicted molar refractivity (Wildman–Crippen MR) is 118 cm³/mol. The summed E-state index contributed by atoms with van der Waals surface area (Å²) in [6.45, 7) is 7.51. The standard InChI is InChI=1S/C19H34N4O.HI/c1-6-16-10-8-9-11-17(16)14-21-19(20-3)22-15-18(24-7-2)12-13-23(4)5;/h8-11,18H,6-7,12-15H2,1-5H3,(H2,20,21,22);1H. The molecule has 0 amide bonds. The van der Waals surface area contributed by atoms with E-state index in [2.05, 4.69) is 65.8 Å². The Balaban J connectivity index is 0.00000576. The van der Waals surface area contributed by atoms with E-state index in [4.69, 9.17) is 4.74 Å². The number of hydrogen-bond acceptors (Lipinski definition) is 3. The molecule has 0 saturated carbocycles. The summed E-state index contributed by atoms with van der Waals surface area (Å²) in [5.74, 6) is 0.815. The van der Waals surface area contributed by atoms with Crippen molar-refractivity contribution in [1.29, 1.82) is 0 Å². The lowest BCUT2D eigenvalue weighted by Crippen LogP contribution is -2.42. The molecule has 25 heavy (non-hydrogen) atoms. The minimum atomic E-state index is 0. The van der Waals surface area contributed by atoms with Gasteiger partial charge >= 0.3 is 0 Å². The Bertz CT molecular complexity index is 494. The number of benzene rings is 1. The Morgan fingerprint density at radius 2 is 1.84 bits per heavy atom. The minimum Gasteiger partial charge on any atom is -0.377 e. The molecule has 0 aliphatic carbocycles. The number of aliphatic imine (C=N–C) groups is 1. The first kappa shape index (κ1) is 24.1. The van der Waals surface area contributed by atoms with Gasteiger partial charge in [-0.1, -0.05) is 31.2 Å². The van der Waals surface area contributed by atoms with Crippen molar-refractivity contribution in [2.45, 2.75) is 39.3 Å². The van der Waals surface area contributed by atoms with Crippen LogP contribution in [0, 0.1) is 0 Å². The van der Waals surface area contributed by atoms with E-state index in [1.54, 1.807) is 7.05 Å². The van der Waals surface area contributed by atoms with Crippen molar-refractivity contribution in [1.82, 2.24) is 15.5 Å². The number of hydrogen-bond donors (Lipinski definition) is 2. The highest BCUT2D eigenvalue weighted by atomic mass is 127. The lowest BCUT2D eigenvalue weighted by molar-refractivity contribution is 0.0548. The first-order chi connectivity index (χ1) is 11.6. The summed E-state index contributed by atoms with van der Waals surface area (Å²) in [5, 5.41) is 6.78. The lowest BCUT2D eigenvalue weighted by Gasteiger charge is -2.21. The molecule has 5 nitrogen and oxygen atoms in total. The number of ether oxygens (including phenoxy) is 1. The third kappa shape index (κ3) is 10.0. The van der Waals surface area contributed by atoms with Gasteiger partial charge in [0.2, 0.25) is 0 Å². The monoisotopic (exact) mass is 462 g/mol. The molecule has 0 aromatic heterocycles.